The molecule has 198 valence electrons. The van der Waals surface area contributed by atoms with E-state index in [9.17, 15) is 17.2 Å². The van der Waals surface area contributed by atoms with Gasteiger partial charge in [0.1, 0.15) is 22.9 Å². The van der Waals surface area contributed by atoms with Crippen molar-refractivity contribution in [2.45, 2.75) is 31.3 Å². The van der Waals surface area contributed by atoms with Crippen LogP contribution in [0.3, 0.4) is 0 Å². The maximum atomic E-state index is 13.4. The second kappa shape index (κ2) is 9.14. The average Bonchev–Trinajstić information content (AvgIpc) is 3.24. The number of nitrogens with one attached hydrogen (secondary N) is 1. The molecule has 37 heavy (non-hydrogen) atoms. The molecule has 3 saturated heterocycles. The van der Waals surface area contributed by atoms with Gasteiger partial charge in [-0.3, -0.25) is 0 Å². The summed E-state index contributed by atoms with van der Waals surface area (Å²) in [4.78, 5) is 13.7. The Labute approximate surface area is 213 Å². The second-order valence-corrected chi connectivity index (χ2v) is 12.1. The van der Waals surface area contributed by atoms with Gasteiger partial charge in [-0.2, -0.15) is 5.10 Å². The molecular formula is C24H29F2N7O3S. The van der Waals surface area contributed by atoms with Gasteiger partial charge >= 0.3 is 0 Å². The van der Waals surface area contributed by atoms with Crippen molar-refractivity contribution in [1.82, 2.24) is 24.3 Å². The number of rotatable bonds is 7. The fraction of sp³-hybridized carbons (Fsp3) is 0.542. The topological polar surface area (TPSA) is 105 Å². The largest absolute Gasteiger partial charge is 0.371 e. The van der Waals surface area contributed by atoms with E-state index in [1.54, 1.807) is 6.20 Å². The van der Waals surface area contributed by atoms with E-state index in [1.165, 1.54) is 22.9 Å². The molecule has 3 aliphatic rings. The number of hydrogen-bond acceptors (Lipinski definition) is 8. The molecule has 1 unspecified atom stereocenters. The molecule has 0 amide bonds. The lowest BCUT2D eigenvalue weighted by Gasteiger charge is -2.55. The number of imidazole rings is 1. The maximum Gasteiger partial charge on any atom is 0.282 e. The minimum Gasteiger partial charge on any atom is -0.371 e. The van der Waals surface area contributed by atoms with E-state index < -0.39 is 16.4 Å². The van der Waals surface area contributed by atoms with E-state index in [2.05, 4.69) is 24.6 Å². The first-order chi connectivity index (χ1) is 17.7. The van der Waals surface area contributed by atoms with Crippen molar-refractivity contribution in [2.24, 2.45) is 5.92 Å². The molecule has 3 aromatic heterocycles. The summed E-state index contributed by atoms with van der Waals surface area (Å²) in [5, 5.41) is 4.14. The zero-order valence-corrected chi connectivity index (χ0v) is 21.3. The molecule has 3 fully saturated rings. The van der Waals surface area contributed by atoms with Crippen LogP contribution in [0.1, 0.15) is 31.4 Å². The molecule has 0 aliphatic carbocycles. The Morgan fingerprint density at radius 1 is 1.22 bits per heavy atom. The molecule has 1 atom stereocenters. The van der Waals surface area contributed by atoms with Crippen LogP contribution in [0.4, 0.5) is 20.4 Å². The highest BCUT2D eigenvalue weighted by molar-refractivity contribution is 7.88. The summed E-state index contributed by atoms with van der Waals surface area (Å²) in [5.41, 5.74) is 1.46. The fourth-order valence-electron chi connectivity index (χ4n) is 5.33. The first-order valence-electron chi connectivity index (χ1n) is 12.4. The van der Waals surface area contributed by atoms with Crippen LogP contribution in [-0.4, -0.2) is 79.2 Å². The lowest BCUT2D eigenvalue weighted by molar-refractivity contribution is -0.161. The van der Waals surface area contributed by atoms with E-state index in [-0.39, 0.29) is 17.2 Å². The third-order valence-corrected chi connectivity index (χ3v) is 8.12. The molecule has 1 N–H and O–H groups in total. The molecule has 10 nitrogen and oxygen atoms in total. The molecule has 13 heteroatoms. The Balaban J connectivity index is 1.35. The van der Waals surface area contributed by atoms with Gasteiger partial charge < -0.3 is 14.5 Å². The summed E-state index contributed by atoms with van der Waals surface area (Å²) >= 11 is 0. The molecule has 6 rings (SSSR count). The van der Waals surface area contributed by atoms with Crippen molar-refractivity contribution in [3.05, 3.63) is 36.2 Å². The summed E-state index contributed by atoms with van der Waals surface area (Å²) in [6, 6.07) is 6.71. The zero-order valence-electron chi connectivity index (χ0n) is 20.5. The molecule has 0 bridgehead atoms. The number of piperidine rings is 1. The van der Waals surface area contributed by atoms with Crippen LogP contribution in [0.25, 0.3) is 16.9 Å². The molecule has 3 aliphatic heterocycles. The number of hydrogen-bond donors (Lipinski definition) is 1. The predicted octanol–water partition coefficient (Wildman–Crippen LogP) is 2.47. The van der Waals surface area contributed by atoms with Gasteiger partial charge in [0.2, 0.25) is 10.0 Å². The number of alkyl halides is 2. The van der Waals surface area contributed by atoms with Gasteiger partial charge in [-0.1, -0.05) is 0 Å². The third-order valence-electron chi connectivity index (χ3n) is 7.43. The first-order valence-corrected chi connectivity index (χ1v) is 14.3. The van der Waals surface area contributed by atoms with E-state index in [1.807, 2.05) is 12.1 Å². The minimum absolute atomic E-state index is 0.0809. The lowest BCUT2D eigenvalue weighted by Crippen LogP contribution is -2.68. The Morgan fingerprint density at radius 3 is 2.65 bits per heavy atom. The van der Waals surface area contributed by atoms with Crippen LogP contribution >= 0.6 is 0 Å². The van der Waals surface area contributed by atoms with Crippen molar-refractivity contribution >= 4 is 27.3 Å². The molecule has 0 saturated carbocycles. The second-order valence-electron chi connectivity index (χ2n) is 10.3. The van der Waals surface area contributed by atoms with Crippen LogP contribution in [0.5, 0.6) is 0 Å². The quantitative estimate of drug-likeness (QED) is 0.494. The summed E-state index contributed by atoms with van der Waals surface area (Å²) in [6.07, 6.45) is 2.99. The number of fused-ring (bicyclic) bond motifs is 1. The van der Waals surface area contributed by atoms with Gasteiger partial charge in [0, 0.05) is 31.6 Å². The van der Waals surface area contributed by atoms with Crippen LogP contribution in [0, 0.1) is 5.92 Å². The fourth-order valence-corrected chi connectivity index (χ4v) is 5.87. The van der Waals surface area contributed by atoms with Crippen molar-refractivity contribution in [3.63, 3.8) is 0 Å². The monoisotopic (exact) mass is 533 g/mol. The zero-order chi connectivity index (χ0) is 25.8. The normalized spacial score (nSPS) is 21.5. The molecular weight excluding hydrogens is 504 g/mol. The predicted molar refractivity (Wildman–Crippen MR) is 134 cm³/mol. The molecule has 0 radical (unpaired) electrons. The van der Waals surface area contributed by atoms with Gasteiger partial charge in [-0.15, -0.1) is 0 Å². The third kappa shape index (κ3) is 4.87. The minimum atomic E-state index is -3.27. The number of nitrogens with zero attached hydrogens (tertiary/aromatic N) is 6. The smallest absolute Gasteiger partial charge is 0.282 e. The molecule has 1 spiro atoms. The van der Waals surface area contributed by atoms with Gasteiger partial charge in [-0.05, 0) is 43.0 Å². The number of pyridine rings is 1. The number of ether oxygens (including phenoxy) is 1. The van der Waals surface area contributed by atoms with Crippen molar-refractivity contribution < 1.29 is 21.9 Å². The number of halogens is 2. The van der Waals surface area contributed by atoms with Gasteiger partial charge in [0.05, 0.1) is 37.8 Å². The standard InChI is InChI=1S/C24H29F2N7O3S/c1-37(34,35)28-11-16-3-2-7-31(13-16)21-9-17(10-22(29-21)32-14-24(15-32)6-8-36-24)19-12-27-20-5-4-18(23(25)26)30-33(19)20/h4-5,9-10,12,16,23,28H,2-3,6-8,11,13-15H2,1H3. The average molecular weight is 534 g/mol. The Bertz CT molecular complexity index is 1420. The Morgan fingerprint density at radius 2 is 1.97 bits per heavy atom. The van der Waals surface area contributed by atoms with Crippen molar-refractivity contribution in [1.29, 1.82) is 0 Å². The summed E-state index contributed by atoms with van der Waals surface area (Å²) in [7, 11) is -3.27. The van der Waals surface area contributed by atoms with E-state index >= 15 is 0 Å². The van der Waals surface area contributed by atoms with Gasteiger partial charge in [0.25, 0.3) is 6.43 Å². The number of anilines is 2. The van der Waals surface area contributed by atoms with Gasteiger partial charge in [0.15, 0.2) is 5.65 Å². The highest BCUT2D eigenvalue weighted by atomic mass is 32.2. The Kier molecular flexibility index (Phi) is 6.03. The van der Waals surface area contributed by atoms with Crippen LogP contribution in [0.15, 0.2) is 30.5 Å². The van der Waals surface area contributed by atoms with E-state index in [0.29, 0.717) is 24.4 Å². The number of aromatic nitrogens is 4. The van der Waals surface area contributed by atoms with Crippen LogP contribution in [-0.2, 0) is 14.8 Å². The van der Waals surface area contributed by atoms with E-state index in [4.69, 9.17) is 9.72 Å². The lowest BCUT2D eigenvalue weighted by atomic mass is 9.86. The van der Waals surface area contributed by atoms with Crippen LogP contribution in [0.2, 0.25) is 0 Å². The van der Waals surface area contributed by atoms with E-state index in [0.717, 1.165) is 62.7 Å². The SMILES string of the molecule is CS(=O)(=O)NCC1CCCN(c2cc(-c3cnc4ccc(C(F)F)nn34)cc(N3CC4(CCO4)C3)n2)C1. The summed E-state index contributed by atoms with van der Waals surface area (Å²) < 4.78 is 59.8. The van der Waals surface area contributed by atoms with Crippen molar-refractivity contribution in [3.8, 4) is 11.3 Å². The first kappa shape index (κ1) is 24.4. The summed E-state index contributed by atoms with van der Waals surface area (Å²) in [6.45, 7) is 4.12. The Hall–Kier alpha value is -2.90. The maximum absolute atomic E-state index is 13.4. The highest BCUT2D eigenvalue weighted by Gasteiger charge is 2.49. The number of sulfonamides is 1. The molecule has 3 aromatic rings. The van der Waals surface area contributed by atoms with Crippen LogP contribution < -0.4 is 14.5 Å². The van der Waals surface area contributed by atoms with Crippen molar-refractivity contribution in [2.75, 3.05) is 55.4 Å². The molecule has 0 aromatic carbocycles. The molecule has 6 heterocycles. The highest BCUT2D eigenvalue weighted by Crippen LogP contribution is 2.40. The van der Waals surface area contributed by atoms with Gasteiger partial charge in [-0.25, -0.2) is 36.4 Å². The summed E-state index contributed by atoms with van der Waals surface area (Å²) in [5.74, 6) is 1.69.